The first-order chi connectivity index (χ1) is 9.08. The molecule has 2 rings (SSSR count). The van der Waals surface area contributed by atoms with Crippen molar-refractivity contribution in [2.24, 2.45) is 5.73 Å². The largest absolute Gasteiger partial charge is 0.468 e. The highest BCUT2D eigenvalue weighted by Gasteiger charge is 2.14. The van der Waals surface area contributed by atoms with Crippen LogP contribution in [0.2, 0.25) is 0 Å². The minimum absolute atomic E-state index is 0.238. The van der Waals surface area contributed by atoms with Crippen LogP contribution < -0.4 is 5.73 Å². The van der Waals surface area contributed by atoms with E-state index < -0.39 is 0 Å². The third kappa shape index (κ3) is 2.49. The predicted octanol–water partition coefficient (Wildman–Crippen LogP) is 1.93. The number of ether oxygens (including phenoxy) is 1. The summed E-state index contributed by atoms with van der Waals surface area (Å²) in [4.78, 5) is 11.5. The molecule has 19 heavy (non-hydrogen) atoms. The lowest BCUT2D eigenvalue weighted by Crippen LogP contribution is -2.11. The van der Waals surface area contributed by atoms with E-state index in [4.69, 9.17) is 10.5 Å². The van der Waals surface area contributed by atoms with Crippen molar-refractivity contribution in [3.8, 4) is 0 Å². The second kappa shape index (κ2) is 5.45. The van der Waals surface area contributed by atoms with Gasteiger partial charge in [0.25, 0.3) is 0 Å². The van der Waals surface area contributed by atoms with Gasteiger partial charge in [-0.3, -0.25) is 4.79 Å². The highest BCUT2D eigenvalue weighted by Crippen LogP contribution is 2.28. The fraction of sp³-hybridized carbons (Fsp3) is 0.400. The summed E-state index contributed by atoms with van der Waals surface area (Å²) in [6, 6.07) is 4.19. The number of hydrogen-bond donors (Lipinski definition) is 1. The number of carbonyl (C=O) groups is 1. The van der Waals surface area contributed by atoms with Crippen LogP contribution in [0.15, 0.2) is 18.3 Å². The molecule has 0 amide bonds. The molecule has 0 saturated heterocycles. The molecule has 0 fully saturated rings. The highest BCUT2D eigenvalue weighted by molar-refractivity contribution is 5.90. The summed E-state index contributed by atoms with van der Waals surface area (Å²) in [6.07, 6.45) is 2.84. The van der Waals surface area contributed by atoms with Crippen LogP contribution in [0.1, 0.15) is 16.7 Å². The van der Waals surface area contributed by atoms with Crippen LogP contribution in [0.25, 0.3) is 10.9 Å². The van der Waals surface area contributed by atoms with Gasteiger partial charge < -0.3 is 15.0 Å². The summed E-state index contributed by atoms with van der Waals surface area (Å²) in [7, 11) is 1.41. The van der Waals surface area contributed by atoms with Crippen molar-refractivity contribution in [3.63, 3.8) is 0 Å². The Bertz CT molecular complexity index is 614. The Balaban J connectivity index is 2.64. The molecule has 0 radical (unpaired) electrons. The van der Waals surface area contributed by atoms with Crippen LogP contribution in [0.4, 0.5) is 0 Å². The number of methoxy groups -OCH3 is 1. The molecule has 0 aliphatic rings. The zero-order chi connectivity index (χ0) is 14.0. The lowest BCUT2D eigenvalue weighted by molar-refractivity contribution is -0.141. The zero-order valence-corrected chi connectivity index (χ0v) is 11.7. The fourth-order valence-corrected chi connectivity index (χ4v) is 2.56. The van der Waals surface area contributed by atoms with Crippen molar-refractivity contribution in [3.05, 3.63) is 35.0 Å². The summed E-state index contributed by atoms with van der Waals surface area (Å²) in [5.74, 6) is -0.239. The van der Waals surface area contributed by atoms with Crippen LogP contribution in [0, 0.1) is 13.8 Å². The average molecular weight is 260 g/mol. The number of esters is 1. The molecular weight excluding hydrogens is 240 g/mol. The van der Waals surface area contributed by atoms with Crippen LogP contribution in [0.3, 0.4) is 0 Å². The Morgan fingerprint density at radius 3 is 2.63 bits per heavy atom. The molecule has 2 N–H and O–H groups in total. The van der Waals surface area contributed by atoms with Gasteiger partial charge in [-0.05, 0) is 43.5 Å². The van der Waals surface area contributed by atoms with E-state index >= 15 is 0 Å². The number of nitrogens with two attached hydrogens (primary N) is 1. The highest BCUT2D eigenvalue weighted by atomic mass is 16.5. The number of benzene rings is 1. The maximum Gasteiger partial charge on any atom is 0.325 e. The van der Waals surface area contributed by atoms with E-state index in [1.54, 1.807) is 0 Å². The zero-order valence-electron chi connectivity index (χ0n) is 11.7. The van der Waals surface area contributed by atoms with Gasteiger partial charge in [-0.2, -0.15) is 0 Å². The number of fused-ring (bicyclic) bond motifs is 1. The van der Waals surface area contributed by atoms with Gasteiger partial charge in [0, 0.05) is 11.6 Å². The van der Waals surface area contributed by atoms with Crippen molar-refractivity contribution in [2.75, 3.05) is 13.7 Å². The first kappa shape index (κ1) is 13.6. The Morgan fingerprint density at radius 1 is 1.32 bits per heavy atom. The van der Waals surface area contributed by atoms with Gasteiger partial charge in [0.05, 0.1) is 12.6 Å². The molecule has 0 unspecified atom stereocenters. The van der Waals surface area contributed by atoms with E-state index in [0.29, 0.717) is 6.54 Å². The molecule has 102 valence electrons. The molecule has 1 heterocycles. The Morgan fingerprint density at radius 2 is 2.00 bits per heavy atom. The summed E-state index contributed by atoms with van der Waals surface area (Å²) in [6.45, 7) is 4.98. The van der Waals surface area contributed by atoms with E-state index in [1.165, 1.54) is 23.6 Å². The quantitative estimate of drug-likeness (QED) is 0.855. The van der Waals surface area contributed by atoms with Gasteiger partial charge in [0.2, 0.25) is 0 Å². The van der Waals surface area contributed by atoms with Crippen LogP contribution in [-0.4, -0.2) is 24.2 Å². The first-order valence-corrected chi connectivity index (χ1v) is 6.43. The molecule has 1 aromatic heterocycles. The minimum Gasteiger partial charge on any atom is -0.468 e. The molecule has 0 spiro atoms. The SMILES string of the molecule is COC(=O)Cn1cc(CCN)c2c(C)ccc(C)c21. The van der Waals surface area contributed by atoms with Crippen LogP contribution >= 0.6 is 0 Å². The molecule has 0 bridgehead atoms. The monoisotopic (exact) mass is 260 g/mol. The molecule has 1 aromatic carbocycles. The van der Waals surface area contributed by atoms with Gasteiger partial charge >= 0.3 is 5.97 Å². The summed E-state index contributed by atoms with van der Waals surface area (Å²) in [5.41, 5.74) is 10.4. The number of aryl methyl sites for hydroxylation is 2. The standard InChI is InChI=1S/C15H20N2O2/c1-10-4-5-11(2)15-14(10)12(6-7-16)8-17(15)9-13(18)19-3/h4-5,8H,6-7,9,16H2,1-3H3. The van der Waals surface area contributed by atoms with Crippen molar-refractivity contribution < 1.29 is 9.53 Å². The first-order valence-electron chi connectivity index (χ1n) is 6.43. The van der Waals surface area contributed by atoms with E-state index in [9.17, 15) is 4.79 Å². The molecule has 0 saturated carbocycles. The minimum atomic E-state index is -0.239. The summed E-state index contributed by atoms with van der Waals surface area (Å²) in [5, 5.41) is 1.22. The maximum atomic E-state index is 11.5. The summed E-state index contributed by atoms with van der Waals surface area (Å²) >= 11 is 0. The van der Waals surface area contributed by atoms with E-state index in [1.807, 2.05) is 10.8 Å². The third-order valence-electron chi connectivity index (χ3n) is 3.45. The Labute approximate surface area is 113 Å². The Hall–Kier alpha value is -1.81. The lowest BCUT2D eigenvalue weighted by atomic mass is 10.0. The predicted molar refractivity (Wildman–Crippen MR) is 76.2 cm³/mol. The normalized spacial score (nSPS) is 10.9. The molecule has 0 aliphatic heterocycles. The molecule has 4 nitrogen and oxygen atoms in total. The molecular formula is C15H20N2O2. The number of rotatable bonds is 4. The molecule has 0 aliphatic carbocycles. The van der Waals surface area contributed by atoms with Crippen LogP contribution in [0.5, 0.6) is 0 Å². The molecule has 0 atom stereocenters. The Kier molecular flexibility index (Phi) is 3.90. The number of nitrogens with zero attached hydrogens (tertiary/aromatic N) is 1. The number of aromatic nitrogens is 1. The second-order valence-corrected chi connectivity index (χ2v) is 4.82. The third-order valence-corrected chi connectivity index (χ3v) is 3.45. The van der Waals surface area contributed by atoms with Gasteiger partial charge in [-0.25, -0.2) is 0 Å². The lowest BCUT2D eigenvalue weighted by Gasteiger charge is -2.07. The molecule has 4 heteroatoms. The van der Waals surface area contributed by atoms with Crippen molar-refractivity contribution in [2.45, 2.75) is 26.8 Å². The van der Waals surface area contributed by atoms with E-state index in [0.717, 1.165) is 17.5 Å². The smallest absolute Gasteiger partial charge is 0.325 e. The average Bonchev–Trinajstić information content (AvgIpc) is 2.74. The fourth-order valence-electron chi connectivity index (χ4n) is 2.56. The van der Waals surface area contributed by atoms with Crippen molar-refractivity contribution in [1.29, 1.82) is 0 Å². The number of carbonyl (C=O) groups excluding carboxylic acids is 1. The van der Waals surface area contributed by atoms with Gasteiger partial charge in [0.1, 0.15) is 6.54 Å². The maximum absolute atomic E-state index is 11.5. The van der Waals surface area contributed by atoms with Gasteiger partial charge in [-0.15, -0.1) is 0 Å². The van der Waals surface area contributed by atoms with Crippen molar-refractivity contribution in [1.82, 2.24) is 4.57 Å². The summed E-state index contributed by atoms with van der Waals surface area (Å²) < 4.78 is 6.72. The van der Waals surface area contributed by atoms with E-state index in [-0.39, 0.29) is 12.5 Å². The van der Waals surface area contributed by atoms with E-state index in [2.05, 4.69) is 26.0 Å². The van der Waals surface area contributed by atoms with Gasteiger partial charge in [-0.1, -0.05) is 12.1 Å². The topological polar surface area (TPSA) is 57.2 Å². The van der Waals surface area contributed by atoms with Crippen LogP contribution in [-0.2, 0) is 22.5 Å². The number of hydrogen-bond acceptors (Lipinski definition) is 3. The molecule has 2 aromatic rings. The van der Waals surface area contributed by atoms with Gasteiger partial charge in [0.15, 0.2) is 0 Å². The second-order valence-electron chi connectivity index (χ2n) is 4.82. The van der Waals surface area contributed by atoms with Crippen molar-refractivity contribution >= 4 is 16.9 Å².